The van der Waals surface area contributed by atoms with Crippen molar-refractivity contribution >= 4 is 51.6 Å². The number of thiazole rings is 1. The van der Waals surface area contributed by atoms with Crippen LogP contribution in [-0.2, 0) is 9.59 Å². The SMILES string of the molecule is CCC(NC(=O)/C=C/c1csc(N(C(C)=O)c2ccccc2F)n1)c1ccc(Cl)cc1. The number of rotatable bonds is 7. The first-order valence-corrected chi connectivity index (χ1v) is 10.9. The average Bonchev–Trinajstić information content (AvgIpc) is 3.21. The monoisotopic (exact) mass is 457 g/mol. The van der Waals surface area contributed by atoms with E-state index in [2.05, 4.69) is 10.3 Å². The Morgan fingerprint density at radius 3 is 2.58 bits per heavy atom. The van der Waals surface area contributed by atoms with Gasteiger partial charge < -0.3 is 5.32 Å². The van der Waals surface area contributed by atoms with Crippen molar-refractivity contribution < 1.29 is 14.0 Å². The van der Waals surface area contributed by atoms with Gasteiger partial charge in [0, 0.05) is 23.4 Å². The van der Waals surface area contributed by atoms with Gasteiger partial charge in [-0.2, -0.15) is 0 Å². The molecule has 3 rings (SSSR count). The van der Waals surface area contributed by atoms with E-state index in [9.17, 15) is 14.0 Å². The molecular formula is C23H21ClFN3O2S. The Hall–Kier alpha value is -3.03. The van der Waals surface area contributed by atoms with Crippen molar-refractivity contribution in [2.24, 2.45) is 0 Å². The predicted molar refractivity (Wildman–Crippen MR) is 123 cm³/mol. The first kappa shape index (κ1) is 22.7. The molecule has 0 spiro atoms. The molecule has 0 aliphatic heterocycles. The minimum atomic E-state index is -0.517. The molecule has 0 bridgehead atoms. The molecule has 0 aliphatic carbocycles. The Bertz CT molecular complexity index is 1100. The van der Waals surface area contributed by atoms with Gasteiger partial charge in [-0.15, -0.1) is 11.3 Å². The second kappa shape index (κ2) is 10.3. The van der Waals surface area contributed by atoms with Crippen LogP contribution in [0.2, 0.25) is 5.02 Å². The highest BCUT2D eigenvalue weighted by molar-refractivity contribution is 7.14. The smallest absolute Gasteiger partial charge is 0.244 e. The summed E-state index contributed by atoms with van der Waals surface area (Å²) in [4.78, 5) is 30.1. The molecule has 0 saturated carbocycles. The summed E-state index contributed by atoms with van der Waals surface area (Å²) in [5.41, 5.74) is 1.59. The fourth-order valence-electron chi connectivity index (χ4n) is 2.99. The van der Waals surface area contributed by atoms with Crippen LogP contribution in [0.25, 0.3) is 6.08 Å². The fourth-order valence-corrected chi connectivity index (χ4v) is 3.97. The number of para-hydroxylation sites is 1. The van der Waals surface area contributed by atoms with Gasteiger partial charge in [-0.05, 0) is 42.3 Å². The van der Waals surface area contributed by atoms with Crippen LogP contribution in [0.3, 0.4) is 0 Å². The highest BCUT2D eigenvalue weighted by Crippen LogP contribution is 2.31. The van der Waals surface area contributed by atoms with Gasteiger partial charge in [0.25, 0.3) is 0 Å². The summed E-state index contributed by atoms with van der Waals surface area (Å²) in [6, 6.07) is 13.2. The molecule has 1 atom stereocenters. The molecule has 0 aliphatic rings. The summed E-state index contributed by atoms with van der Waals surface area (Å²) in [5, 5.41) is 5.61. The van der Waals surface area contributed by atoms with Crippen LogP contribution in [-0.4, -0.2) is 16.8 Å². The Balaban J connectivity index is 1.72. The molecule has 0 saturated heterocycles. The molecule has 3 aromatic rings. The van der Waals surface area contributed by atoms with E-state index in [4.69, 9.17) is 11.6 Å². The van der Waals surface area contributed by atoms with Crippen molar-refractivity contribution in [3.63, 3.8) is 0 Å². The third-order valence-corrected chi connectivity index (χ3v) is 5.61. The van der Waals surface area contributed by atoms with Crippen LogP contribution in [0.15, 0.2) is 60.0 Å². The highest BCUT2D eigenvalue weighted by Gasteiger charge is 2.20. The summed E-state index contributed by atoms with van der Waals surface area (Å²) in [6.45, 7) is 3.33. The number of carbonyl (C=O) groups is 2. The van der Waals surface area contributed by atoms with Gasteiger partial charge >= 0.3 is 0 Å². The zero-order valence-electron chi connectivity index (χ0n) is 17.0. The van der Waals surface area contributed by atoms with Gasteiger partial charge in [-0.3, -0.25) is 14.5 Å². The van der Waals surface area contributed by atoms with E-state index >= 15 is 0 Å². The van der Waals surface area contributed by atoms with Gasteiger partial charge in [0.1, 0.15) is 5.82 Å². The summed E-state index contributed by atoms with van der Waals surface area (Å²) in [7, 11) is 0. The highest BCUT2D eigenvalue weighted by atomic mass is 35.5. The number of benzene rings is 2. The molecule has 1 aromatic heterocycles. The van der Waals surface area contributed by atoms with Crippen molar-refractivity contribution in [1.82, 2.24) is 10.3 Å². The number of amides is 2. The van der Waals surface area contributed by atoms with Crippen molar-refractivity contribution in [2.45, 2.75) is 26.3 Å². The summed E-state index contributed by atoms with van der Waals surface area (Å²) in [5.74, 6) is -1.15. The number of aromatic nitrogens is 1. The summed E-state index contributed by atoms with van der Waals surface area (Å²) < 4.78 is 14.2. The lowest BCUT2D eigenvalue weighted by molar-refractivity contribution is -0.117. The third kappa shape index (κ3) is 5.77. The Morgan fingerprint density at radius 2 is 1.94 bits per heavy atom. The molecule has 8 heteroatoms. The largest absolute Gasteiger partial charge is 0.346 e. The van der Waals surface area contributed by atoms with Gasteiger partial charge in [0.05, 0.1) is 17.4 Å². The Morgan fingerprint density at radius 1 is 1.23 bits per heavy atom. The molecule has 0 radical (unpaired) electrons. The van der Waals surface area contributed by atoms with Crippen LogP contribution in [0.1, 0.15) is 37.6 Å². The van der Waals surface area contributed by atoms with Gasteiger partial charge in [0.15, 0.2) is 5.13 Å². The normalized spacial score (nSPS) is 12.0. The number of halogens is 2. The zero-order chi connectivity index (χ0) is 22.4. The predicted octanol–water partition coefficient (Wildman–Crippen LogP) is 5.90. The minimum Gasteiger partial charge on any atom is -0.346 e. The van der Waals surface area contributed by atoms with Crippen LogP contribution in [0.5, 0.6) is 0 Å². The maximum absolute atomic E-state index is 14.2. The molecule has 1 unspecified atom stereocenters. The van der Waals surface area contributed by atoms with Gasteiger partial charge in [-0.25, -0.2) is 9.37 Å². The molecule has 2 amide bonds. The van der Waals surface area contributed by atoms with Crippen LogP contribution >= 0.6 is 22.9 Å². The summed E-state index contributed by atoms with van der Waals surface area (Å²) >= 11 is 7.11. The molecule has 0 fully saturated rings. The molecule has 2 aromatic carbocycles. The fraction of sp³-hybridized carbons (Fsp3) is 0.174. The molecule has 1 heterocycles. The van der Waals surface area contributed by atoms with E-state index in [0.717, 1.165) is 12.0 Å². The molecule has 160 valence electrons. The van der Waals surface area contributed by atoms with E-state index in [0.29, 0.717) is 15.8 Å². The number of nitrogens with zero attached hydrogens (tertiary/aromatic N) is 2. The second-order valence-corrected chi connectivity index (χ2v) is 7.99. The van der Waals surface area contributed by atoms with E-state index in [1.165, 1.54) is 41.4 Å². The van der Waals surface area contributed by atoms with E-state index in [1.54, 1.807) is 35.7 Å². The van der Waals surface area contributed by atoms with E-state index in [1.807, 2.05) is 19.1 Å². The number of carbonyl (C=O) groups excluding carboxylic acids is 2. The van der Waals surface area contributed by atoms with Gasteiger partial charge in [0.2, 0.25) is 11.8 Å². The third-order valence-electron chi connectivity index (χ3n) is 4.51. The molecule has 5 nitrogen and oxygen atoms in total. The molecular weight excluding hydrogens is 437 g/mol. The number of hydrogen-bond acceptors (Lipinski definition) is 4. The van der Waals surface area contributed by atoms with Crippen molar-refractivity contribution in [2.75, 3.05) is 4.90 Å². The Labute approximate surface area is 189 Å². The zero-order valence-corrected chi connectivity index (χ0v) is 18.6. The minimum absolute atomic E-state index is 0.131. The van der Waals surface area contributed by atoms with Crippen molar-refractivity contribution in [3.05, 3.63) is 82.1 Å². The van der Waals surface area contributed by atoms with Crippen molar-refractivity contribution in [3.8, 4) is 0 Å². The van der Waals surface area contributed by atoms with Crippen molar-refractivity contribution in [1.29, 1.82) is 0 Å². The summed E-state index contributed by atoms with van der Waals surface area (Å²) in [6.07, 6.45) is 3.67. The quantitative estimate of drug-likeness (QED) is 0.449. The standard InChI is InChI=1S/C23H21ClFN3O2S/c1-3-20(16-8-10-17(24)11-9-16)27-22(30)13-12-18-14-31-23(26-18)28(15(2)29)21-7-5-4-6-19(21)25/h4-14,20H,3H2,1-2H3,(H,27,30)/b13-12+. The van der Waals surface area contributed by atoms with Gasteiger partial charge in [-0.1, -0.05) is 42.8 Å². The Kier molecular flexibility index (Phi) is 7.55. The lowest BCUT2D eigenvalue weighted by Gasteiger charge is -2.18. The average molecular weight is 458 g/mol. The lowest BCUT2D eigenvalue weighted by Crippen LogP contribution is -2.26. The molecule has 1 N–H and O–H groups in total. The lowest BCUT2D eigenvalue weighted by atomic mass is 10.0. The van der Waals surface area contributed by atoms with Crippen LogP contribution < -0.4 is 10.2 Å². The van der Waals surface area contributed by atoms with Crippen LogP contribution in [0.4, 0.5) is 15.2 Å². The second-order valence-electron chi connectivity index (χ2n) is 6.72. The first-order valence-electron chi connectivity index (χ1n) is 9.63. The van der Waals surface area contributed by atoms with E-state index in [-0.39, 0.29) is 23.5 Å². The number of hydrogen-bond donors (Lipinski definition) is 1. The topological polar surface area (TPSA) is 62.3 Å². The number of anilines is 2. The molecule has 31 heavy (non-hydrogen) atoms. The maximum atomic E-state index is 14.2. The van der Waals surface area contributed by atoms with E-state index < -0.39 is 5.82 Å². The number of nitrogens with one attached hydrogen (secondary N) is 1. The first-order chi connectivity index (χ1) is 14.9. The van der Waals surface area contributed by atoms with Crippen LogP contribution in [0, 0.1) is 5.82 Å². The maximum Gasteiger partial charge on any atom is 0.244 e.